The molecule has 2 N–H and O–H groups in total. The van der Waals surface area contributed by atoms with Gasteiger partial charge in [0.05, 0.1) is 5.69 Å². The van der Waals surface area contributed by atoms with Crippen molar-refractivity contribution >= 4 is 28.9 Å². The van der Waals surface area contributed by atoms with Gasteiger partial charge in [0.15, 0.2) is 5.78 Å². The zero-order chi connectivity index (χ0) is 22.5. The van der Waals surface area contributed by atoms with Crippen molar-refractivity contribution < 1.29 is 4.79 Å². The number of ketones is 1. The average Bonchev–Trinajstić information content (AvgIpc) is 2.83. The zero-order valence-electron chi connectivity index (χ0n) is 18.4. The number of piperazine rings is 1. The van der Waals surface area contributed by atoms with Crippen molar-refractivity contribution in [2.45, 2.75) is 19.8 Å². The highest BCUT2D eigenvalue weighted by molar-refractivity contribution is 6.31. The van der Waals surface area contributed by atoms with Crippen LogP contribution in [-0.4, -0.2) is 48.4 Å². The van der Waals surface area contributed by atoms with E-state index in [4.69, 9.17) is 17.3 Å². The van der Waals surface area contributed by atoms with Crippen molar-refractivity contribution in [2.24, 2.45) is 0 Å². The Bertz CT molecular complexity index is 1080. The van der Waals surface area contributed by atoms with Crippen LogP contribution in [-0.2, 0) is 6.42 Å². The second-order valence-corrected chi connectivity index (χ2v) is 8.60. The van der Waals surface area contributed by atoms with Crippen molar-refractivity contribution in [2.75, 3.05) is 43.4 Å². The van der Waals surface area contributed by atoms with Crippen LogP contribution in [0.2, 0.25) is 5.02 Å². The van der Waals surface area contributed by atoms with Gasteiger partial charge in [-0.15, -0.1) is 0 Å². The predicted octanol–water partition coefficient (Wildman–Crippen LogP) is 4.94. The molecule has 2 aromatic carbocycles. The summed E-state index contributed by atoms with van der Waals surface area (Å²) in [5.74, 6) is 0.678. The zero-order valence-corrected chi connectivity index (χ0v) is 19.2. The standard InChI is InChI=1S/C26H29ClN4O/c1-2-25(32)22-18-21(27)10-11-24(22)31-16-14-30(15-17-31)13-12-19-6-8-20(9-7-19)23-4-3-5-26(28)29-23/h3-11,18H,2,12-17H2,1H3,(H2,28,29). The van der Waals surface area contributed by atoms with Gasteiger partial charge in [0.25, 0.3) is 0 Å². The molecule has 32 heavy (non-hydrogen) atoms. The fourth-order valence-electron chi connectivity index (χ4n) is 4.15. The summed E-state index contributed by atoms with van der Waals surface area (Å²) >= 11 is 6.14. The Labute approximate surface area is 194 Å². The number of nitrogen functional groups attached to an aromatic ring is 1. The van der Waals surface area contributed by atoms with Crippen molar-refractivity contribution in [3.8, 4) is 11.3 Å². The third kappa shape index (κ3) is 5.29. The molecule has 4 rings (SSSR count). The van der Waals surface area contributed by atoms with Crippen molar-refractivity contribution in [1.29, 1.82) is 0 Å². The van der Waals surface area contributed by atoms with Crippen LogP contribution in [0, 0.1) is 0 Å². The summed E-state index contributed by atoms with van der Waals surface area (Å²) < 4.78 is 0. The number of hydrogen-bond donors (Lipinski definition) is 1. The normalized spacial score (nSPS) is 14.5. The van der Waals surface area contributed by atoms with E-state index in [1.165, 1.54) is 5.56 Å². The number of carbonyl (C=O) groups excluding carboxylic acids is 1. The van der Waals surface area contributed by atoms with Gasteiger partial charge in [0.1, 0.15) is 5.82 Å². The molecule has 0 bridgehead atoms. The van der Waals surface area contributed by atoms with Gasteiger partial charge in [-0.2, -0.15) is 0 Å². The molecule has 3 aromatic rings. The molecule has 1 saturated heterocycles. The van der Waals surface area contributed by atoms with Gasteiger partial charge < -0.3 is 10.6 Å². The maximum atomic E-state index is 12.4. The third-order valence-corrected chi connectivity index (χ3v) is 6.27. The lowest BCUT2D eigenvalue weighted by molar-refractivity contribution is 0.0988. The molecule has 0 spiro atoms. The number of anilines is 2. The van der Waals surface area contributed by atoms with Crippen LogP contribution in [0.4, 0.5) is 11.5 Å². The lowest BCUT2D eigenvalue weighted by Gasteiger charge is -2.37. The summed E-state index contributed by atoms with van der Waals surface area (Å²) in [6, 6.07) is 19.9. The fraction of sp³-hybridized carbons (Fsp3) is 0.308. The van der Waals surface area contributed by atoms with E-state index < -0.39 is 0 Å². The van der Waals surface area contributed by atoms with E-state index in [0.29, 0.717) is 17.3 Å². The Morgan fingerprint density at radius 3 is 2.47 bits per heavy atom. The maximum absolute atomic E-state index is 12.4. The molecule has 0 aliphatic carbocycles. The summed E-state index contributed by atoms with van der Waals surface area (Å²) in [4.78, 5) is 21.6. The number of halogens is 1. The average molecular weight is 449 g/mol. The SMILES string of the molecule is CCC(=O)c1cc(Cl)ccc1N1CCN(CCc2ccc(-c3cccc(N)n3)cc2)CC1. The highest BCUT2D eigenvalue weighted by Gasteiger charge is 2.21. The number of Topliss-reactive ketones (excluding diaryl/α,β-unsaturated/α-hetero) is 1. The maximum Gasteiger partial charge on any atom is 0.164 e. The van der Waals surface area contributed by atoms with Gasteiger partial charge in [-0.05, 0) is 42.3 Å². The highest BCUT2D eigenvalue weighted by atomic mass is 35.5. The van der Waals surface area contributed by atoms with Crippen LogP contribution in [0.25, 0.3) is 11.3 Å². The van der Waals surface area contributed by atoms with Gasteiger partial charge in [0.2, 0.25) is 0 Å². The van der Waals surface area contributed by atoms with Crippen LogP contribution in [0.1, 0.15) is 29.3 Å². The first-order chi connectivity index (χ1) is 15.5. The number of carbonyl (C=O) groups is 1. The van der Waals surface area contributed by atoms with E-state index in [1.54, 1.807) is 12.1 Å². The molecule has 5 nitrogen and oxygen atoms in total. The molecule has 6 heteroatoms. The Balaban J connectivity index is 1.32. The minimum absolute atomic E-state index is 0.141. The minimum atomic E-state index is 0.141. The van der Waals surface area contributed by atoms with E-state index in [1.807, 2.05) is 31.2 Å². The summed E-state index contributed by atoms with van der Waals surface area (Å²) in [5.41, 5.74) is 10.8. The topological polar surface area (TPSA) is 62.5 Å². The first-order valence-electron chi connectivity index (χ1n) is 11.2. The quantitative estimate of drug-likeness (QED) is 0.518. The van der Waals surface area contributed by atoms with E-state index in [0.717, 1.165) is 61.7 Å². The van der Waals surface area contributed by atoms with Gasteiger partial charge in [-0.1, -0.05) is 48.9 Å². The van der Waals surface area contributed by atoms with E-state index >= 15 is 0 Å². The number of rotatable bonds is 7. The molecular weight excluding hydrogens is 420 g/mol. The van der Waals surface area contributed by atoms with Crippen molar-refractivity contribution in [3.63, 3.8) is 0 Å². The largest absolute Gasteiger partial charge is 0.384 e. The van der Waals surface area contributed by atoms with Crippen molar-refractivity contribution in [1.82, 2.24) is 9.88 Å². The Morgan fingerprint density at radius 1 is 1.03 bits per heavy atom. The first-order valence-corrected chi connectivity index (χ1v) is 11.5. The van der Waals surface area contributed by atoms with Crippen LogP contribution in [0.5, 0.6) is 0 Å². The van der Waals surface area contributed by atoms with E-state index in [-0.39, 0.29) is 5.78 Å². The number of nitrogens with two attached hydrogens (primary N) is 1. The second kappa shape index (κ2) is 10.2. The predicted molar refractivity (Wildman–Crippen MR) is 133 cm³/mol. The molecule has 1 aromatic heterocycles. The second-order valence-electron chi connectivity index (χ2n) is 8.16. The molecule has 2 heterocycles. The molecule has 0 radical (unpaired) electrons. The summed E-state index contributed by atoms with van der Waals surface area (Å²) in [5, 5.41) is 0.613. The molecule has 0 atom stereocenters. The monoisotopic (exact) mass is 448 g/mol. The van der Waals surface area contributed by atoms with Crippen LogP contribution in [0.3, 0.4) is 0 Å². The molecule has 0 amide bonds. The van der Waals surface area contributed by atoms with Gasteiger partial charge in [-0.3, -0.25) is 9.69 Å². The number of benzene rings is 2. The Hall–Kier alpha value is -2.89. The molecule has 166 valence electrons. The first kappa shape index (κ1) is 22.3. The number of hydrogen-bond acceptors (Lipinski definition) is 5. The lowest BCUT2D eigenvalue weighted by Crippen LogP contribution is -2.47. The third-order valence-electron chi connectivity index (χ3n) is 6.03. The Kier molecular flexibility index (Phi) is 7.08. The minimum Gasteiger partial charge on any atom is -0.384 e. The van der Waals surface area contributed by atoms with Gasteiger partial charge >= 0.3 is 0 Å². The fourth-order valence-corrected chi connectivity index (χ4v) is 4.32. The van der Waals surface area contributed by atoms with Crippen LogP contribution < -0.4 is 10.6 Å². The summed E-state index contributed by atoms with van der Waals surface area (Å²) in [7, 11) is 0. The number of aromatic nitrogens is 1. The molecule has 0 unspecified atom stereocenters. The van der Waals surface area contributed by atoms with Crippen LogP contribution >= 0.6 is 11.6 Å². The van der Waals surface area contributed by atoms with E-state index in [2.05, 4.69) is 39.0 Å². The highest BCUT2D eigenvalue weighted by Crippen LogP contribution is 2.27. The molecule has 0 saturated carbocycles. The van der Waals surface area contributed by atoms with Gasteiger partial charge in [0, 0.05) is 61.0 Å². The number of pyridine rings is 1. The molecule has 1 fully saturated rings. The molecular formula is C26H29ClN4O. The molecule has 1 aliphatic rings. The van der Waals surface area contributed by atoms with Crippen molar-refractivity contribution in [3.05, 3.63) is 76.8 Å². The number of nitrogens with zero attached hydrogens (tertiary/aromatic N) is 3. The lowest BCUT2D eigenvalue weighted by atomic mass is 10.0. The van der Waals surface area contributed by atoms with Gasteiger partial charge in [-0.25, -0.2) is 4.98 Å². The smallest absolute Gasteiger partial charge is 0.164 e. The summed E-state index contributed by atoms with van der Waals surface area (Å²) in [6.07, 6.45) is 1.49. The van der Waals surface area contributed by atoms with Crippen LogP contribution in [0.15, 0.2) is 60.7 Å². The van der Waals surface area contributed by atoms with E-state index in [9.17, 15) is 4.79 Å². The Morgan fingerprint density at radius 2 is 1.78 bits per heavy atom. The molecule has 1 aliphatic heterocycles. The summed E-state index contributed by atoms with van der Waals surface area (Å²) in [6.45, 7) is 6.69.